The molecule has 19 heavy (non-hydrogen) atoms. The summed E-state index contributed by atoms with van der Waals surface area (Å²) in [7, 11) is 0. The Balaban J connectivity index is 1.99. The summed E-state index contributed by atoms with van der Waals surface area (Å²) in [6.07, 6.45) is 0.910. The van der Waals surface area contributed by atoms with Gasteiger partial charge in [0, 0.05) is 18.3 Å². The first kappa shape index (κ1) is 12.6. The van der Waals surface area contributed by atoms with Gasteiger partial charge in [-0.15, -0.1) is 22.9 Å². The summed E-state index contributed by atoms with van der Waals surface area (Å²) in [5.74, 6) is 1.37. The van der Waals surface area contributed by atoms with Gasteiger partial charge in [0.2, 0.25) is 0 Å². The van der Waals surface area contributed by atoms with Gasteiger partial charge in [-0.2, -0.15) is 0 Å². The molecular weight excluding hydrogens is 278 g/mol. The number of alkyl halides is 1. The molecule has 5 heteroatoms. The molecule has 0 radical (unpaired) electrons. The summed E-state index contributed by atoms with van der Waals surface area (Å²) < 4.78 is 2.20. The first-order valence-electron chi connectivity index (χ1n) is 6.17. The van der Waals surface area contributed by atoms with Crippen molar-refractivity contribution < 1.29 is 0 Å². The molecule has 0 N–H and O–H groups in total. The molecule has 0 bridgehead atoms. The van der Waals surface area contributed by atoms with Gasteiger partial charge in [-0.1, -0.05) is 12.1 Å². The summed E-state index contributed by atoms with van der Waals surface area (Å²) in [5.41, 5.74) is 6.40. The Hall–Kier alpha value is -1.39. The molecule has 2 aromatic heterocycles. The standard InChI is InChI=1S/C14H14ClN3S/c1-10-3-2-4-12-14(10)17-13(7-15)18(12)6-5-11-8-19-9-16-11/h2-4,8-9H,5-7H2,1H3. The fraction of sp³-hybridized carbons (Fsp3) is 0.286. The number of nitrogens with zero attached hydrogens (tertiary/aromatic N) is 3. The number of imidazole rings is 1. The van der Waals surface area contributed by atoms with Crippen LogP contribution in [0.15, 0.2) is 29.1 Å². The molecule has 0 aliphatic carbocycles. The highest BCUT2D eigenvalue weighted by Gasteiger charge is 2.11. The number of benzene rings is 1. The molecule has 0 saturated carbocycles. The number of rotatable bonds is 4. The smallest absolute Gasteiger partial charge is 0.124 e. The zero-order valence-corrected chi connectivity index (χ0v) is 12.2. The molecule has 0 aliphatic heterocycles. The van der Waals surface area contributed by atoms with E-state index in [4.69, 9.17) is 11.6 Å². The van der Waals surface area contributed by atoms with Crippen LogP contribution >= 0.6 is 22.9 Å². The number of thiazole rings is 1. The number of halogens is 1. The normalized spacial score (nSPS) is 11.3. The molecule has 98 valence electrons. The summed E-state index contributed by atoms with van der Waals surface area (Å²) in [4.78, 5) is 8.96. The summed E-state index contributed by atoms with van der Waals surface area (Å²) in [6.45, 7) is 2.95. The zero-order valence-electron chi connectivity index (χ0n) is 10.6. The molecule has 0 aliphatic rings. The highest BCUT2D eigenvalue weighted by atomic mass is 35.5. The topological polar surface area (TPSA) is 30.7 Å². The van der Waals surface area contributed by atoms with E-state index in [0.717, 1.165) is 35.5 Å². The molecule has 3 rings (SSSR count). The van der Waals surface area contributed by atoms with Gasteiger partial charge in [0.05, 0.1) is 28.1 Å². The Labute approximate surface area is 120 Å². The Morgan fingerprint density at radius 1 is 1.37 bits per heavy atom. The minimum atomic E-state index is 0.436. The molecule has 0 amide bonds. The van der Waals surface area contributed by atoms with E-state index in [1.165, 1.54) is 5.56 Å². The highest BCUT2D eigenvalue weighted by Crippen LogP contribution is 2.21. The second-order valence-electron chi connectivity index (χ2n) is 4.49. The largest absolute Gasteiger partial charge is 0.327 e. The molecule has 0 spiro atoms. The van der Waals surface area contributed by atoms with E-state index in [2.05, 4.69) is 45.0 Å². The number of hydrogen-bond acceptors (Lipinski definition) is 3. The van der Waals surface area contributed by atoms with Gasteiger partial charge in [0.15, 0.2) is 0 Å². The number of aromatic nitrogens is 3. The van der Waals surface area contributed by atoms with Crippen LogP contribution in [0.2, 0.25) is 0 Å². The van der Waals surface area contributed by atoms with Gasteiger partial charge in [-0.25, -0.2) is 9.97 Å². The molecule has 0 atom stereocenters. The Bertz CT molecular complexity index is 688. The Morgan fingerprint density at radius 2 is 2.26 bits per heavy atom. The van der Waals surface area contributed by atoms with Crippen LogP contribution in [0, 0.1) is 6.92 Å². The first-order chi connectivity index (χ1) is 9.29. The van der Waals surface area contributed by atoms with E-state index in [1.807, 2.05) is 5.51 Å². The van der Waals surface area contributed by atoms with E-state index < -0.39 is 0 Å². The van der Waals surface area contributed by atoms with E-state index >= 15 is 0 Å². The summed E-state index contributed by atoms with van der Waals surface area (Å²) >= 11 is 7.65. The lowest BCUT2D eigenvalue weighted by Gasteiger charge is -2.06. The van der Waals surface area contributed by atoms with Crippen LogP contribution in [-0.4, -0.2) is 14.5 Å². The van der Waals surface area contributed by atoms with Crippen LogP contribution in [-0.2, 0) is 18.8 Å². The molecular formula is C14H14ClN3S. The van der Waals surface area contributed by atoms with Gasteiger partial charge < -0.3 is 4.57 Å². The van der Waals surface area contributed by atoms with Crippen LogP contribution < -0.4 is 0 Å². The van der Waals surface area contributed by atoms with Gasteiger partial charge in [-0.3, -0.25) is 0 Å². The Morgan fingerprint density at radius 3 is 3.00 bits per heavy atom. The molecule has 0 fully saturated rings. The molecule has 3 nitrogen and oxygen atoms in total. The van der Waals surface area contributed by atoms with Crippen LogP contribution in [0.1, 0.15) is 17.1 Å². The fourth-order valence-electron chi connectivity index (χ4n) is 2.27. The SMILES string of the molecule is Cc1cccc2c1nc(CCl)n2CCc1cscn1. The third kappa shape index (κ3) is 2.38. The van der Waals surface area contributed by atoms with Crippen molar-refractivity contribution in [2.24, 2.45) is 0 Å². The molecule has 0 saturated heterocycles. The van der Waals surface area contributed by atoms with E-state index in [-0.39, 0.29) is 0 Å². The van der Waals surface area contributed by atoms with Gasteiger partial charge in [0.25, 0.3) is 0 Å². The number of hydrogen-bond donors (Lipinski definition) is 0. The first-order valence-corrected chi connectivity index (χ1v) is 7.65. The second kappa shape index (κ2) is 5.31. The van der Waals surface area contributed by atoms with Crippen LogP contribution in [0.25, 0.3) is 11.0 Å². The zero-order chi connectivity index (χ0) is 13.2. The fourth-order valence-corrected chi connectivity index (χ4v) is 3.07. The monoisotopic (exact) mass is 291 g/mol. The lowest BCUT2D eigenvalue weighted by molar-refractivity contribution is 0.680. The van der Waals surface area contributed by atoms with Gasteiger partial charge in [0.1, 0.15) is 5.82 Å². The van der Waals surface area contributed by atoms with E-state index in [9.17, 15) is 0 Å². The van der Waals surface area contributed by atoms with Crippen LogP contribution in [0.4, 0.5) is 0 Å². The third-order valence-corrected chi connectivity index (χ3v) is 4.13. The number of fused-ring (bicyclic) bond motifs is 1. The van der Waals surface area contributed by atoms with E-state index in [1.54, 1.807) is 11.3 Å². The van der Waals surface area contributed by atoms with Gasteiger partial charge >= 0.3 is 0 Å². The number of aryl methyl sites for hydroxylation is 3. The maximum atomic E-state index is 6.02. The van der Waals surface area contributed by atoms with Crippen molar-refractivity contribution in [3.05, 3.63) is 46.2 Å². The Kier molecular flexibility index (Phi) is 3.53. The number of para-hydroxylation sites is 1. The van der Waals surface area contributed by atoms with E-state index in [0.29, 0.717) is 5.88 Å². The van der Waals surface area contributed by atoms with Gasteiger partial charge in [-0.05, 0) is 18.6 Å². The molecule has 3 aromatic rings. The van der Waals surface area contributed by atoms with Crippen molar-refractivity contribution in [1.29, 1.82) is 0 Å². The maximum Gasteiger partial charge on any atom is 0.124 e. The second-order valence-corrected chi connectivity index (χ2v) is 5.47. The average Bonchev–Trinajstić information content (AvgIpc) is 3.03. The predicted octanol–water partition coefficient (Wildman–Crippen LogP) is 3.78. The summed E-state index contributed by atoms with van der Waals surface area (Å²) in [5, 5.41) is 2.09. The lowest BCUT2D eigenvalue weighted by atomic mass is 10.2. The molecule has 2 heterocycles. The van der Waals surface area contributed by atoms with Crippen LogP contribution in [0.5, 0.6) is 0 Å². The predicted molar refractivity (Wildman–Crippen MR) is 79.8 cm³/mol. The average molecular weight is 292 g/mol. The minimum Gasteiger partial charge on any atom is -0.327 e. The third-order valence-electron chi connectivity index (χ3n) is 3.25. The lowest BCUT2D eigenvalue weighted by Crippen LogP contribution is -2.05. The minimum absolute atomic E-state index is 0.436. The maximum absolute atomic E-state index is 6.02. The highest BCUT2D eigenvalue weighted by molar-refractivity contribution is 7.07. The van der Waals surface area contributed by atoms with Crippen molar-refractivity contribution in [3.8, 4) is 0 Å². The quantitative estimate of drug-likeness (QED) is 0.685. The van der Waals surface area contributed by atoms with Crippen molar-refractivity contribution >= 4 is 34.0 Å². The molecule has 0 unspecified atom stereocenters. The summed E-state index contributed by atoms with van der Waals surface area (Å²) in [6, 6.07) is 6.25. The van der Waals surface area contributed by atoms with Crippen molar-refractivity contribution in [2.45, 2.75) is 25.8 Å². The molecule has 1 aromatic carbocycles. The van der Waals surface area contributed by atoms with Crippen molar-refractivity contribution in [3.63, 3.8) is 0 Å². The van der Waals surface area contributed by atoms with Crippen molar-refractivity contribution in [1.82, 2.24) is 14.5 Å². The van der Waals surface area contributed by atoms with Crippen LogP contribution in [0.3, 0.4) is 0 Å². The van der Waals surface area contributed by atoms with Crippen molar-refractivity contribution in [2.75, 3.05) is 0 Å².